The maximum Gasteiger partial charge on any atom is 0.263 e. The lowest BCUT2D eigenvalue weighted by atomic mass is 10.4. The molecule has 7 heteroatoms. The maximum absolute atomic E-state index is 9.88. The molecule has 2 unspecified atom stereocenters. The van der Waals surface area contributed by atoms with Crippen molar-refractivity contribution in [3.63, 3.8) is 0 Å². The van der Waals surface area contributed by atoms with Gasteiger partial charge in [-0.1, -0.05) is 22.6 Å². The van der Waals surface area contributed by atoms with Gasteiger partial charge >= 0.3 is 0 Å². The van der Waals surface area contributed by atoms with Crippen molar-refractivity contribution in [2.45, 2.75) is 16.1 Å². The number of aliphatic hydroxyl groups is 1. The van der Waals surface area contributed by atoms with E-state index in [1.54, 1.807) is 0 Å². The van der Waals surface area contributed by atoms with E-state index < -0.39 is 6.23 Å². The van der Waals surface area contributed by atoms with Gasteiger partial charge in [0.05, 0.1) is 0 Å². The summed E-state index contributed by atoms with van der Waals surface area (Å²) in [5.74, 6) is 2.20. The third-order valence-electron chi connectivity index (χ3n) is 1.93. The van der Waals surface area contributed by atoms with Gasteiger partial charge in [0, 0.05) is 7.05 Å². The van der Waals surface area contributed by atoms with E-state index in [9.17, 15) is 5.11 Å². The summed E-state index contributed by atoms with van der Waals surface area (Å²) in [7, 11) is 1.88. The molecule has 1 aliphatic rings. The molecule has 2 N–H and O–H groups in total. The summed E-state index contributed by atoms with van der Waals surface area (Å²) >= 11 is 7.22. The first-order valence-corrected chi connectivity index (χ1v) is 8.27. The lowest BCUT2D eigenvalue weighted by Crippen LogP contribution is -2.64. The first-order valence-electron chi connectivity index (χ1n) is 4.20. The second-order valence-electron chi connectivity index (χ2n) is 3.01. The lowest BCUT2D eigenvalue weighted by molar-refractivity contribution is -0.00641. The van der Waals surface area contributed by atoms with Gasteiger partial charge in [-0.15, -0.1) is 5.79 Å². The Morgan fingerprint density at radius 1 is 1.77 bits per heavy atom. The minimum atomic E-state index is -0.480. The van der Waals surface area contributed by atoms with Crippen LogP contribution in [0.4, 0.5) is 0 Å². The highest BCUT2D eigenvalue weighted by Gasteiger charge is 2.33. The smallest absolute Gasteiger partial charge is 0.263 e. The zero-order valence-electron chi connectivity index (χ0n) is 7.70. The second-order valence-corrected chi connectivity index (χ2v) is 6.12. The monoisotopic (exact) mass is 329 g/mol. The molecule has 0 radical (unpaired) electrons. The van der Waals surface area contributed by atoms with Crippen LogP contribution in [0.5, 0.6) is 0 Å². The van der Waals surface area contributed by atoms with Crippen molar-refractivity contribution in [1.29, 1.82) is 0 Å². The average molecular weight is 329 g/mol. The molecule has 0 saturated carbocycles. The van der Waals surface area contributed by atoms with Crippen LogP contribution in [0.1, 0.15) is 0 Å². The van der Waals surface area contributed by atoms with Crippen LogP contribution in [0.15, 0.2) is 0 Å². The number of alkyl halides is 1. The van der Waals surface area contributed by atoms with Crippen molar-refractivity contribution >= 4 is 55.1 Å². The molecule has 0 amide bonds. The SMILES string of the molecule is [CH3][AlH][CH2]N1C(=S)NN(C)C(I)C1O. The van der Waals surface area contributed by atoms with E-state index >= 15 is 0 Å². The number of nitrogens with zero attached hydrogens (tertiary/aromatic N) is 2. The molecule has 1 aliphatic heterocycles. The van der Waals surface area contributed by atoms with Gasteiger partial charge in [-0.25, -0.2) is 5.01 Å². The van der Waals surface area contributed by atoms with Crippen LogP contribution in [-0.2, 0) is 0 Å². The van der Waals surface area contributed by atoms with Gasteiger partial charge in [0.25, 0.3) is 15.2 Å². The number of hydrazine groups is 1. The van der Waals surface area contributed by atoms with Crippen molar-refractivity contribution < 1.29 is 5.11 Å². The van der Waals surface area contributed by atoms with Gasteiger partial charge < -0.3 is 10.0 Å². The van der Waals surface area contributed by atoms with Crippen LogP contribution in [0.2, 0.25) is 5.79 Å². The maximum atomic E-state index is 9.88. The fourth-order valence-corrected chi connectivity index (χ4v) is 3.22. The molecule has 4 nitrogen and oxygen atoms in total. The molecule has 1 fully saturated rings. The van der Waals surface area contributed by atoms with Gasteiger partial charge in [0.15, 0.2) is 11.3 Å². The Kier molecular flexibility index (Phi) is 4.68. The molecule has 0 aromatic carbocycles. The molecule has 1 heterocycles. The first kappa shape index (κ1) is 11.9. The molecule has 2 atom stereocenters. The summed E-state index contributed by atoms with van der Waals surface area (Å²) in [4.78, 5) is 1.87. The Hall–Kier alpha value is 0.872. The molecule has 0 aliphatic carbocycles. The molecule has 0 aromatic rings. The van der Waals surface area contributed by atoms with Gasteiger partial charge in [-0.3, -0.25) is 5.43 Å². The Morgan fingerprint density at radius 3 is 2.92 bits per heavy atom. The minimum Gasteiger partial charge on any atom is -0.371 e. The van der Waals surface area contributed by atoms with Crippen LogP contribution in [-0.4, -0.2) is 58.1 Å². The highest BCUT2D eigenvalue weighted by molar-refractivity contribution is 14.1. The Balaban J connectivity index is 2.67. The summed E-state index contributed by atoms with van der Waals surface area (Å²) in [6, 6.07) is 0. The standard InChI is InChI=1S/C5H9IN3OS.CH3.Al.H/c1-8-4(10)3(6)9(2)7-5(8)11;;;/h3-4,10H,1H2,2H3,(H,7,11);1H3;;. The number of halogens is 1. The topological polar surface area (TPSA) is 38.7 Å². The number of thiocarbonyl (C=S) groups is 1. The van der Waals surface area contributed by atoms with Gasteiger partial charge in [0.2, 0.25) is 0 Å². The Labute approximate surface area is 103 Å². The normalized spacial score (nSPS) is 30.2. The molecule has 74 valence electrons. The molecule has 0 spiro atoms. The summed E-state index contributed by atoms with van der Waals surface area (Å²) in [6.07, 6.45) is -0.480. The van der Waals surface area contributed by atoms with E-state index in [0.29, 0.717) is 5.11 Å². The fourth-order valence-electron chi connectivity index (χ4n) is 1.22. The van der Waals surface area contributed by atoms with E-state index in [1.165, 1.54) is 0 Å². The molecule has 0 bridgehead atoms. The molecular formula is C6H13AlIN3OS. The van der Waals surface area contributed by atoms with Crippen LogP contribution in [0.3, 0.4) is 0 Å². The van der Waals surface area contributed by atoms with Crippen LogP contribution in [0.25, 0.3) is 0 Å². The van der Waals surface area contributed by atoms with Gasteiger partial charge in [-0.2, -0.15) is 0 Å². The van der Waals surface area contributed by atoms with Crippen LogP contribution < -0.4 is 5.43 Å². The molecule has 0 aromatic heterocycles. The first-order chi connectivity index (χ1) is 6.07. The van der Waals surface area contributed by atoms with E-state index in [-0.39, 0.29) is 19.3 Å². The fraction of sp³-hybridized carbons (Fsp3) is 0.833. The average Bonchev–Trinajstić information content (AvgIpc) is 2.09. The predicted octanol–water partition coefficient (Wildman–Crippen LogP) is -0.455. The van der Waals surface area contributed by atoms with E-state index in [2.05, 4.69) is 33.8 Å². The molecule has 1 rings (SSSR count). The molecule has 1 saturated heterocycles. The van der Waals surface area contributed by atoms with E-state index in [0.717, 1.165) is 5.41 Å². The van der Waals surface area contributed by atoms with Gasteiger partial charge in [-0.05, 0) is 17.6 Å². The van der Waals surface area contributed by atoms with E-state index in [4.69, 9.17) is 12.2 Å². The number of aliphatic hydroxyl groups excluding tert-OH is 1. The van der Waals surface area contributed by atoms with Crippen molar-refractivity contribution in [1.82, 2.24) is 15.3 Å². The molecular weight excluding hydrogens is 316 g/mol. The number of hydrogen-bond acceptors (Lipinski definition) is 3. The number of hydrogen-bond donors (Lipinski definition) is 2. The largest absolute Gasteiger partial charge is 0.371 e. The number of likely N-dealkylation sites (N-methyl/N-ethyl adjacent to an activating group) is 1. The minimum absolute atomic E-state index is 0.0462. The van der Waals surface area contributed by atoms with Gasteiger partial charge in [0.1, 0.15) is 4.05 Å². The Morgan fingerprint density at radius 2 is 2.38 bits per heavy atom. The van der Waals surface area contributed by atoms with Crippen molar-refractivity contribution in [2.24, 2.45) is 0 Å². The van der Waals surface area contributed by atoms with Crippen molar-refractivity contribution in [2.75, 3.05) is 12.5 Å². The number of rotatable bonds is 2. The summed E-state index contributed by atoms with van der Waals surface area (Å²) < 4.78 is 0.0462. The third kappa shape index (κ3) is 2.67. The molecule has 13 heavy (non-hydrogen) atoms. The lowest BCUT2D eigenvalue weighted by Gasteiger charge is -2.43. The summed E-state index contributed by atoms with van der Waals surface area (Å²) in [6.45, 7) is 0. The third-order valence-corrected chi connectivity index (χ3v) is 4.67. The Bertz CT molecular complexity index is 208. The van der Waals surface area contributed by atoms with Crippen LogP contribution in [0, 0.1) is 0 Å². The highest BCUT2D eigenvalue weighted by Crippen LogP contribution is 2.17. The summed E-state index contributed by atoms with van der Waals surface area (Å²) in [5.41, 5.74) is 3.04. The number of nitrogens with one attached hydrogen (secondary N) is 1. The van der Waals surface area contributed by atoms with Crippen molar-refractivity contribution in [3.05, 3.63) is 0 Å². The zero-order valence-corrected chi connectivity index (χ0v) is 12.1. The van der Waals surface area contributed by atoms with Crippen LogP contribution >= 0.6 is 34.8 Å². The summed E-state index contributed by atoms with van der Waals surface area (Å²) in [5, 5.41) is 13.3. The highest BCUT2D eigenvalue weighted by atomic mass is 127. The van der Waals surface area contributed by atoms with Crippen molar-refractivity contribution in [3.8, 4) is 0 Å². The predicted molar refractivity (Wildman–Crippen MR) is 67.0 cm³/mol. The van der Waals surface area contributed by atoms with E-state index in [1.807, 2.05) is 17.0 Å². The second kappa shape index (κ2) is 5.09. The quantitative estimate of drug-likeness (QED) is 0.236. The zero-order chi connectivity index (χ0) is 10.0.